The lowest BCUT2D eigenvalue weighted by Crippen LogP contribution is -2.51. The van der Waals surface area contributed by atoms with Crippen LogP contribution in [0.3, 0.4) is 0 Å². The topological polar surface area (TPSA) is 53.5 Å². The molecule has 0 spiro atoms. The maximum absolute atomic E-state index is 13.4. The molecular weight excluding hydrogens is 398 g/mol. The molecule has 0 atom stereocenters. The first-order valence-corrected chi connectivity index (χ1v) is 10.6. The van der Waals surface area contributed by atoms with Crippen LogP contribution in [0, 0.1) is 5.92 Å². The molecule has 1 aromatic heterocycles. The first kappa shape index (κ1) is 20.4. The Bertz CT molecular complexity index is 1090. The van der Waals surface area contributed by atoms with Gasteiger partial charge in [-0.25, -0.2) is 4.98 Å². The van der Waals surface area contributed by atoms with Gasteiger partial charge in [-0.3, -0.25) is 9.59 Å². The largest absolute Gasteiger partial charge is 0.339 e. The molecule has 0 aliphatic carbocycles. The van der Waals surface area contributed by atoms with E-state index in [1.54, 1.807) is 0 Å². The van der Waals surface area contributed by atoms with E-state index in [1.165, 1.54) is 0 Å². The zero-order chi connectivity index (χ0) is 21.3. The van der Waals surface area contributed by atoms with E-state index in [1.807, 2.05) is 78.2 Å². The third kappa shape index (κ3) is 4.03. The van der Waals surface area contributed by atoms with Crippen LogP contribution in [0.2, 0.25) is 5.02 Å². The normalized spacial score (nSPS) is 14.4. The molecule has 1 aliphatic heterocycles. The van der Waals surface area contributed by atoms with Gasteiger partial charge in [0.05, 0.1) is 16.8 Å². The van der Waals surface area contributed by atoms with E-state index in [-0.39, 0.29) is 17.7 Å². The third-order valence-electron chi connectivity index (χ3n) is 5.46. The van der Waals surface area contributed by atoms with Crippen molar-refractivity contribution in [1.29, 1.82) is 0 Å². The minimum Gasteiger partial charge on any atom is -0.339 e. The van der Waals surface area contributed by atoms with E-state index < -0.39 is 0 Å². The van der Waals surface area contributed by atoms with Crippen molar-refractivity contribution in [2.45, 2.75) is 13.8 Å². The molecule has 2 heterocycles. The van der Waals surface area contributed by atoms with Crippen molar-refractivity contribution in [2.75, 3.05) is 26.2 Å². The predicted molar refractivity (Wildman–Crippen MR) is 120 cm³/mol. The summed E-state index contributed by atoms with van der Waals surface area (Å²) in [5, 5.41) is 1.49. The number of carbonyl (C=O) groups is 2. The molecule has 154 valence electrons. The Balaban J connectivity index is 1.65. The first-order chi connectivity index (χ1) is 14.4. The van der Waals surface area contributed by atoms with Crippen LogP contribution in [0.25, 0.3) is 22.2 Å². The first-order valence-electron chi connectivity index (χ1n) is 10.2. The number of aromatic nitrogens is 1. The average molecular weight is 422 g/mol. The quantitative estimate of drug-likeness (QED) is 0.625. The van der Waals surface area contributed by atoms with Gasteiger partial charge in [-0.15, -0.1) is 0 Å². The molecule has 1 fully saturated rings. The van der Waals surface area contributed by atoms with Gasteiger partial charge in [0.2, 0.25) is 5.91 Å². The van der Waals surface area contributed by atoms with Crippen LogP contribution in [0.4, 0.5) is 0 Å². The van der Waals surface area contributed by atoms with Gasteiger partial charge in [0.25, 0.3) is 5.91 Å². The molecule has 2 amide bonds. The Morgan fingerprint density at radius 1 is 0.933 bits per heavy atom. The van der Waals surface area contributed by atoms with Gasteiger partial charge in [-0.2, -0.15) is 0 Å². The molecule has 4 rings (SSSR count). The van der Waals surface area contributed by atoms with Crippen LogP contribution in [-0.4, -0.2) is 52.8 Å². The molecule has 1 aliphatic rings. The highest BCUT2D eigenvalue weighted by Gasteiger charge is 2.27. The van der Waals surface area contributed by atoms with Crippen LogP contribution in [0.1, 0.15) is 24.2 Å². The number of pyridine rings is 1. The van der Waals surface area contributed by atoms with Crippen molar-refractivity contribution in [2.24, 2.45) is 5.92 Å². The highest BCUT2D eigenvalue weighted by Crippen LogP contribution is 2.27. The number of hydrogen-bond acceptors (Lipinski definition) is 3. The molecular formula is C24H24ClN3O2. The van der Waals surface area contributed by atoms with E-state index in [4.69, 9.17) is 16.6 Å². The number of hydrogen-bond donors (Lipinski definition) is 0. The Kier molecular flexibility index (Phi) is 5.73. The van der Waals surface area contributed by atoms with Gasteiger partial charge < -0.3 is 9.80 Å². The standard InChI is InChI=1S/C24H24ClN3O2/c1-16(2)23(29)27-11-13-28(14-12-27)24(30)20-15-22(17-7-9-18(25)10-8-17)26-21-6-4-3-5-19(20)21/h3-10,15-16H,11-14H2,1-2H3. The number of benzene rings is 2. The molecule has 1 saturated heterocycles. The fourth-order valence-electron chi connectivity index (χ4n) is 3.79. The van der Waals surface area contributed by atoms with Gasteiger partial charge >= 0.3 is 0 Å². The molecule has 3 aromatic rings. The lowest BCUT2D eigenvalue weighted by Gasteiger charge is -2.35. The minimum absolute atomic E-state index is 0.0274. The summed E-state index contributed by atoms with van der Waals surface area (Å²) in [6.07, 6.45) is 0. The summed E-state index contributed by atoms with van der Waals surface area (Å²) in [5.41, 5.74) is 3.06. The van der Waals surface area contributed by atoms with Crippen molar-refractivity contribution in [3.05, 3.63) is 65.2 Å². The van der Waals surface area contributed by atoms with E-state index >= 15 is 0 Å². The summed E-state index contributed by atoms with van der Waals surface area (Å²) in [5.74, 6) is 0.0836. The van der Waals surface area contributed by atoms with Gasteiger partial charge in [-0.05, 0) is 24.3 Å². The van der Waals surface area contributed by atoms with E-state index in [2.05, 4.69) is 0 Å². The highest BCUT2D eigenvalue weighted by atomic mass is 35.5. The van der Waals surface area contributed by atoms with Crippen LogP contribution in [-0.2, 0) is 4.79 Å². The number of rotatable bonds is 3. The van der Waals surface area contributed by atoms with Gasteiger partial charge in [-0.1, -0.05) is 55.8 Å². The Morgan fingerprint density at radius 2 is 1.57 bits per heavy atom. The van der Waals surface area contributed by atoms with Crippen molar-refractivity contribution in [3.8, 4) is 11.3 Å². The Hall–Kier alpha value is -2.92. The number of piperazine rings is 1. The maximum atomic E-state index is 13.4. The van der Waals surface area contributed by atoms with Gasteiger partial charge in [0.1, 0.15) is 0 Å². The van der Waals surface area contributed by atoms with Crippen molar-refractivity contribution < 1.29 is 9.59 Å². The molecule has 5 nitrogen and oxygen atoms in total. The summed E-state index contributed by atoms with van der Waals surface area (Å²) >= 11 is 6.02. The number of nitrogens with zero attached hydrogens (tertiary/aromatic N) is 3. The predicted octanol–water partition coefficient (Wildman–Crippen LogP) is 4.50. The molecule has 6 heteroatoms. The molecule has 0 bridgehead atoms. The molecule has 0 radical (unpaired) electrons. The van der Waals surface area contributed by atoms with Gasteiger partial charge in [0, 0.05) is 48.1 Å². The van der Waals surface area contributed by atoms with E-state index in [9.17, 15) is 9.59 Å². The average Bonchev–Trinajstić information content (AvgIpc) is 2.78. The second kappa shape index (κ2) is 8.44. The van der Waals surface area contributed by atoms with Crippen molar-refractivity contribution >= 4 is 34.3 Å². The van der Waals surface area contributed by atoms with Crippen LogP contribution in [0.15, 0.2) is 54.6 Å². The second-order valence-electron chi connectivity index (χ2n) is 7.85. The maximum Gasteiger partial charge on any atom is 0.254 e. The van der Waals surface area contributed by atoms with E-state index in [0.717, 1.165) is 22.2 Å². The molecule has 2 aromatic carbocycles. The Morgan fingerprint density at radius 3 is 2.23 bits per heavy atom. The van der Waals surface area contributed by atoms with Crippen LogP contribution in [0.5, 0.6) is 0 Å². The lowest BCUT2D eigenvalue weighted by atomic mass is 10.0. The second-order valence-corrected chi connectivity index (χ2v) is 8.29. The minimum atomic E-state index is -0.0293. The fourth-order valence-corrected chi connectivity index (χ4v) is 3.91. The molecule has 0 saturated carbocycles. The number of fused-ring (bicyclic) bond motifs is 1. The zero-order valence-electron chi connectivity index (χ0n) is 17.1. The molecule has 0 N–H and O–H groups in total. The molecule has 0 unspecified atom stereocenters. The highest BCUT2D eigenvalue weighted by molar-refractivity contribution is 6.30. The number of amides is 2. The van der Waals surface area contributed by atoms with Crippen LogP contribution >= 0.6 is 11.6 Å². The SMILES string of the molecule is CC(C)C(=O)N1CCN(C(=O)c2cc(-c3ccc(Cl)cc3)nc3ccccc23)CC1. The monoisotopic (exact) mass is 421 g/mol. The summed E-state index contributed by atoms with van der Waals surface area (Å²) in [6.45, 7) is 6.00. The zero-order valence-corrected chi connectivity index (χ0v) is 17.9. The summed E-state index contributed by atoms with van der Waals surface area (Å²) in [4.78, 5) is 34.1. The van der Waals surface area contributed by atoms with E-state index in [0.29, 0.717) is 36.8 Å². The lowest BCUT2D eigenvalue weighted by molar-refractivity contribution is -0.135. The van der Waals surface area contributed by atoms with Crippen molar-refractivity contribution in [1.82, 2.24) is 14.8 Å². The summed E-state index contributed by atoms with van der Waals surface area (Å²) in [7, 11) is 0. The smallest absolute Gasteiger partial charge is 0.254 e. The van der Waals surface area contributed by atoms with Crippen molar-refractivity contribution in [3.63, 3.8) is 0 Å². The molecule has 30 heavy (non-hydrogen) atoms. The van der Waals surface area contributed by atoms with Gasteiger partial charge in [0.15, 0.2) is 0 Å². The number of carbonyl (C=O) groups excluding carboxylic acids is 2. The summed E-state index contributed by atoms with van der Waals surface area (Å²) < 4.78 is 0. The number of para-hydroxylation sites is 1. The third-order valence-corrected chi connectivity index (χ3v) is 5.71. The number of halogens is 1. The van der Waals surface area contributed by atoms with Crippen LogP contribution < -0.4 is 0 Å². The Labute approximate surface area is 181 Å². The summed E-state index contributed by atoms with van der Waals surface area (Å²) in [6, 6.07) is 17.0. The fraction of sp³-hybridized carbons (Fsp3) is 0.292.